The van der Waals surface area contributed by atoms with Crippen molar-refractivity contribution in [1.82, 2.24) is 10.3 Å². The van der Waals surface area contributed by atoms with Crippen LogP contribution >= 0.6 is 11.3 Å². The van der Waals surface area contributed by atoms with Gasteiger partial charge in [-0.05, 0) is 66.1 Å². The summed E-state index contributed by atoms with van der Waals surface area (Å²) in [5, 5.41) is 14.4. The van der Waals surface area contributed by atoms with Crippen LogP contribution in [0.15, 0.2) is 66.7 Å². The molecule has 0 aliphatic heterocycles. The average Bonchev–Trinajstić information content (AvgIpc) is 3.41. The van der Waals surface area contributed by atoms with Gasteiger partial charge in [0, 0.05) is 18.2 Å². The number of carbonyl (C=O) groups excluding carboxylic acids is 2. The number of amides is 2. The van der Waals surface area contributed by atoms with Gasteiger partial charge in [0.1, 0.15) is 5.75 Å². The zero-order valence-corrected chi connectivity index (χ0v) is 25.0. The maximum atomic E-state index is 13.8. The predicted octanol–water partition coefficient (Wildman–Crippen LogP) is 7.41. The second-order valence-corrected chi connectivity index (χ2v) is 12.1. The standard InChI is InChI=1S/C33H32F3N3O5S/c34-33(35,36)44-25-14-15-28-27(19-25)38-32(45-28)39-31(43)26(23-12-10-22(11-13-23)21-4-2-1-3-5-21)18-20-6-8-24(9-7-20)30(42)37-17-16-29(40)41/h6-15,19,21,26H,1-5,16-18H2,(H,37,42)(H,40,41)(H,38,39,43). The second-order valence-electron chi connectivity index (χ2n) is 11.0. The number of aromatic nitrogens is 1. The van der Waals surface area contributed by atoms with Gasteiger partial charge in [0.05, 0.1) is 22.6 Å². The molecule has 0 spiro atoms. The molecular formula is C33H32F3N3O5S. The highest BCUT2D eigenvalue weighted by Crippen LogP contribution is 2.35. The Bertz CT molecular complexity index is 1650. The molecule has 0 radical (unpaired) electrons. The van der Waals surface area contributed by atoms with E-state index in [2.05, 4.69) is 32.5 Å². The SMILES string of the molecule is O=C(O)CCNC(=O)c1ccc(CC(C(=O)Nc2nc3cc(OC(F)(F)F)ccc3s2)c2ccc(C3CCCCC3)cc2)cc1. The fourth-order valence-corrected chi connectivity index (χ4v) is 6.41. The van der Waals surface area contributed by atoms with Gasteiger partial charge in [-0.25, -0.2) is 4.98 Å². The summed E-state index contributed by atoms with van der Waals surface area (Å²) < 4.78 is 42.6. The quantitative estimate of drug-likeness (QED) is 0.157. The lowest BCUT2D eigenvalue weighted by Crippen LogP contribution is -2.26. The molecule has 4 aromatic rings. The van der Waals surface area contributed by atoms with Gasteiger partial charge in [-0.1, -0.05) is 67.0 Å². The van der Waals surface area contributed by atoms with Crippen LogP contribution in [-0.2, 0) is 16.0 Å². The summed E-state index contributed by atoms with van der Waals surface area (Å²) in [5.41, 5.74) is 3.48. The highest BCUT2D eigenvalue weighted by Gasteiger charge is 2.31. The topological polar surface area (TPSA) is 118 Å². The molecule has 1 heterocycles. The number of nitrogens with zero attached hydrogens (tertiary/aromatic N) is 1. The normalized spacial score (nSPS) is 14.6. The molecule has 1 unspecified atom stereocenters. The number of anilines is 1. The number of carbonyl (C=O) groups is 3. The van der Waals surface area contributed by atoms with Gasteiger partial charge in [-0.2, -0.15) is 0 Å². The summed E-state index contributed by atoms with van der Waals surface area (Å²) in [5.74, 6) is -2.25. The Morgan fingerprint density at radius 2 is 1.69 bits per heavy atom. The number of ether oxygens (including phenoxy) is 1. The lowest BCUT2D eigenvalue weighted by Gasteiger charge is -2.23. The fraction of sp³-hybridized carbons (Fsp3) is 0.333. The number of rotatable bonds is 11. The highest BCUT2D eigenvalue weighted by atomic mass is 32.1. The van der Waals surface area contributed by atoms with Crippen LogP contribution in [0.4, 0.5) is 18.3 Å². The lowest BCUT2D eigenvalue weighted by molar-refractivity contribution is -0.274. The van der Waals surface area contributed by atoms with Crippen molar-refractivity contribution in [2.24, 2.45) is 0 Å². The average molecular weight is 640 g/mol. The second kappa shape index (κ2) is 14.1. The van der Waals surface area contributed by atoms with Gasteiger partial charge >= 0.3 is 12.3 Å². The van der Waals surface area contributed by atoms with E-state index in [1.54, 1.807) is 24.3 Å². The van der Waals surface area contributed by atoms with E-state index in [9.17, 15) is 27.6 Å². The molecule has 1 aliphatic rings. The minimum atomic E-state index is -4.83. The van der Waals surface area contributed by atoms with E-state index < -0.39 is 29.9 Å². The van der Waals surface area contributed by atoms with Crippen LogP contribution in [0.2, 0.25) is 0 Å². The van der Waals surface area contributed by atoms with Crippen LogP contribution < -0.4 is 15.4 Å². The van der Waals surface area contributed by atoms with Gasteiger partial charge in [0.15, 0.2) is 5.13 Å². The van der Waals surface area contributed by atoms with Crippen molar-refractivity contribution < 1.29 is 37.4 Å². The zero-order chi connectivity index (χ0) is 32.0. The molecule has 1 fully saturated rings. The third kappa shape index (κ3) is 8.81. The Morgan fingerprint density at radius 3 is 2.36 bits per heavy atom. The first-order valence-electron chi connectivity index (χ1n) is 14.7. The molecule has 1 saturated carbocycles. The molecule has 8 nitrogen and oxygen atoms in total. The van der Waals surface area contributed by atoms with Crippen molar-refractivity contribution in [2.45, 2.75) is 63.1 Å². The summed E-state index contributed by atoms with van der Waals surface area (Å²) in [6.07, 6.45) is 1.25. The Hall–Kier alpha value is -4.45. The van der Waals surface area contributed by atoms with Gasteiger partial charge < -0.3 is 20.5 Å². The summed E-state index contributed by atoms with van der Waals surface area (Å²) in [7, 11) is 0. The predicted molar refractivity (Wildman–Crippen MR) is 165 cm³/mol. The number of benzene rings is 3. The largest absolute Gasteiger partial charge is 0.573 e. The fourth-order valence-electron chi connectivity index (χ4n) is 5.56. The van der Waals surface area contributed by atoms with Crippen molar-refractivity contribution >= 4 is 44.5 Å². The number of carboxylic acids is 1. The first-order valence-corrected chi connectivity index (χ1v) is 15.5. The van der Waals surface area contributed by atoms with E-state index in [1.165, 1.54) is 43.0 Å². The Balaban J connectivity index is 1.35. The number of hydrogen-bond donors (Lipinski definition) is 3. The minimum absolute atomic E-state index is 0.0114. The van der Waals surface area contributed by atoms with Gasteiger partial charge in [0.2, 0.25) is 5.91 Å². The van der Waals surface area contributed by atoms with Crippen LogP contribution in [0.3, 0.4) is 0 Å². The number of nitrogens with one attached hydrogen (secondary N) is 2. The van der Waals surface area contributed by atoms with E-state index in [1.807, 2.05) is 12.1 Å². The number of halogens is 3. The zero-order valence-electron chi connectivity index (χ0n) is 24.2. The molecule has 2 amide bonds. The molecule has 5 rings (SSSR count). The van der Waals surface area contributed by atoms with E-state index in [0.717, 1.165) is 35.3 Å². The summed E-state index contributed by atoms with van der Waals surface area (Å²) in [6.45, 7) is 0.0114. The van der Waals surface area contributed by atoms with E-state index in [0.29, 0.717) is 22.6 Å². The van der Waals surface area contributed by atoms with E-state index in [4.69, 9.17) is 5.11 Å². The van der Waals surface area contributed by atoms with Crippen LogP contribution in [0.25, 0.3) is 10.2 Å². The number of hydrogen-bond acceptors (Lipinski definition) is 6. The first kappa shape index (κ1) is 32.0. The molecule has 0 saturated heterocycles. The van der Waals surface area contributed by atoms with Crippen molar-refractivity contribution in [3.05, 3.63) is 89.0 Å². The van der Waals surface area contributed by atoms with Crippen LogP contribution in [0, 0.1) is 0 Å². The maximum Gasteiger partial charge on any atom is 0.573 e. The van der Waals surface area contributed by atoms with Crippen LogP contribution in [-0.4, -0.2) is 40.8 Å². The molecule has 0 bridgehead atoms. The first-order chi connectivity index (χ1) is 21.5. The monoisotopic (exact) mass is 639 g/mol. The number of carboxylic acid groups (broad SMARTS) is 1. The van der Waals surface area contributed by atoms with Crippen LogP contribution in [0.1, 0.15) is 77.4 Å². The van der Waals surface area contributed by atoms with E-state index in [-0.39, 0.29) is 29.5 Å². The lowest BCUT2D eigenvalue weighted by atomic mass is 9.83. The summed E-state index contributed by atoms with van der Waals surface area (Å²) in [4.78, 5) is 41.2. The molecule has 45 heavy (non-hydrogen) atoms. The molecule has 1 aromatic heterocycles. The maximum absolute atomic E-state index is 13.8. The van der Waals surface area contributed by atoms with Crippen molar-refractivity contribution in [3.63, 3.8) is 0 Å². The minimum Gasteiger partial charge on any atom is -0.481 e. The number of aliphatic carboxylic acids is 1. The van der Waals surface area contributed by atoms with Gasteiger partial charge in [0.25, 0.3) is 5.91 Å². The molecular weight excluding hydrogens is 607 g/mol. The van der Waals surface area contributed by atoms with Gasteiger partial charge in [-0.3, -0.25) is 14.4 Å². The molecule has 3 aromatic carbocycles. The van der Waals surface area contributed by atoms with Crippen molar-refractivity contribution in [1.29, 1.82) is 0 Å². The van der Waals surface area contributed by atoms with Crippen molar-refractivity contribution in [2.75, 3.05) is 11.9 Å². The molecule has 12 heteroatoms. The van der Waals surface area contributed by atoms with Gasteiger partial charge in [-0.15, -0.1) is 13.2 Å². The molecule has 236 valence electrons. The molecule has 1 aliphatic carbocycles. The van der Waals surface area contributed by atoms with Crippen LogP contribution in [0.5, 0.6) is 5.75 Å². The molecule has 3 N–H and O–H groups in total. The smallest absolute Gasteiger partial charge is 0.481 e. The Labute approximate surface area is 261 Å². The third-order valence-electron chi connectivity index (χ3n) is 7.84. The third-order valence-corrected chi connectivity index (χ3v) is 8.79. The van der Waals surface area contributed by atoms with Crippen molar-refractivity contribution in [3.8, 4) is 5.75 Å². The number of alkyl halides is 3. The number of fused-ring (bicyclic) bond motifs is 1. The molecule has 1 atom stereocenters. The summed E-state index contributed by atoms with van der Waals surface area (Å²) >= 11 is 1.14. The highest BCUT2D eigenvalue weighted by molar-refractivity contribution is 7.22. The Morgan fingerprint density at radius 1 is 0.978 bits per heavy atom. The summed E-state index contributed by atoms with van der Waals surface area (Å²) in [6, 6.07) is 18.7. The van der Waals surface area contributed by atoms with E-state index >= 15 is 0 Å². The number of thiazole rings is 1. The Kier molecular flexibility index (Phi) is 10.0.